The monoisotopic (exact) mass is 332 g/mol. The fourth-order valence-corrected chi connectivity index (χ4v) is 5.42. The van der Waals surface area contributed by atoms with Crippen molar-refractivity contribution >= 4 is 39.4 Å². The van der Waals surface area contributed by atoms with Crippen LogP contribution in [0.15, 0.2) is 23.1 Å². The zero-order chi connectivity index (χ0) is 14.9. The smallest absolute Gasteiger partial charge is 0.322 e. The average Bonchev–Trinajstić information content (AvgIpc) is 2.88. The van der Waals surface area contributed by atoms with E-state index >= 15 is 0 Å². The van der Waals surface area contributed by atoms with Crippen molar-refractivity contribution < 1.29 is 18.3 Å². The zero-order valence-electron chi connectivity index (χ0n) is 9.98. The van der Waals surface area contributed by atoms with Crippen molar-refractivity contribution in [1.82, 2.24) is 4.31 Å². The van der Waals surface area contributed by atoms with Crippen LogP contribution in [0.5, 0.6) is 0 Å². The first-order valence-electron chi connectivity index (χ1n) is 5.40. The molecule has 106 valence electrons. The van der Waals surface area contributed by atoms with Crippen LogP contribution in [0, 0.1) is 11.3 Å². The van der Waals surface area contributed by atoms with Gasteiger partial charge in [-0.3, -0.25) is 4.79 Å². The fourth-order valence-electron chi connectivity index (χ4n) is 1.76. The third-order valence-corrected chi connectivity index (χ3v) is 6.29. The van der Waals surface area contributed by atoms with Crippen molar-refractivity contribution in [3.63, 3.8) is 0 Å². The Morgan fingerprint density at radius 1 is 1.55 bits per heavy atom. The number of thioether (sulfide) groups is 1. The molecule has 1 N–H and O–H groups in total. The quantitative estimate of drug-likeness (QED) is 0.897. The molecule has 6 nitrogen and oxygen atoms in total. The van der Waals surface area contributed by atoms with E-state index in [4.69, 9.17) is 22.0 Å². The van der Waals surface area contributed by atoms with Gasteiger partial charge in [0.15, 0.2) is 0 Å². The van der Waals surface area contributed by atoms with Crippen LogP contribution >= 0.6 is 23.4 Å². The molecule has 0 unspecified atom stereocenters. The summed E-state index contributed by atoms with van der Waals surface area (Å²) in [6.07, 6.45) is 0. The summed E-state index contributed by atoms with van der Waals surface area (Å²) in [6.45, 7) is 0. The maximum absolute atomic E-state index is 12.5. The fraction of sp³-hybridized carbons (Fsp3) is 0.273. The molecular weight excluding hydrogens is 324 g/mol. The van der Waals surface area contributed by atoms with E-state index in [1.807, 2.05) is 6.07 Å². The lowest BCUT2D eigenvalue weighted by Gasteiger charge is -2.20. The maximum atomic E-state index is 12.5. The Balaban J connectivity index is 2.46. The molecule has 0 spiro atoms. The van der Waals surface area contributed by atoms with Gasteiger partial charge in [-0.1, -0.05) is 11.6 Å². The van der Waals surface area contributed by atoms with Crippen molar-refractivity contribution in [3.05, 3.63) is 28.8 Å². The molecular formula is C11H9ClN2O4S2. The van der Waals surface area contributed by atoms with Gasteiger partial charge < -0.3 is 5.11 Å². The molecule has 1 atom stereocenters. The van der Waals surface area contributed by atoms with E-state index in [1.165, 1.54) is 30.0 Å². The molecule has 2 rings (SSSR count). The number of rotatable bonds is 3. The van der Waals surface area contributed by atoms with Crippen LogP contribution in [-0.4, -0.2) is 41.5 Å². The number of hydrogen-bond acceptors (Lipinski definition) is 5. The lowest BCUT2D eigenvalue weighted by atomic mass is 10.2. The van der Waals surface area contributed by atoms with Crippen LogP contribution < -0.4 is 0 Å². The number of nitrogens with zero attached hydrogens (tertiary/aromatic N) is 2. The molecule has 1 saturated heterocycles. The van der Waals surface area contributed by atoms with Crippen LogP contribution in [0.4, 0.5) is 0 Å². The molecule has 1 aromatic carbocycles. The minimum atomic E-state index is -4.00. The first-order chi connectivity index (χ1) is 9.37. The minimum absolute atomic E-state index is 0.0651. The van der Waals surface area contributed by atoms with Gasteiger partial charge in [-0.2, -0.15) is 9.57 Å². The lowest BCUT2D eigenvalue weighted by Crippen LogP contribution is -2.41. The van der Waals surface area contributed by atoms with Crippen LogP contribution in [0.2, 0.25) is 5.02 Å². The van der Waals surface area contributed by atoms with Crippen LogP contribution in [0.3, 0.4) is 0 Å². The Bertz CT molecular complexity index is 699. The van der Waals surface area contributed by atoms with Gasteiger partial charge >= 0.3 is 5.97 Å². The SMILES string of the molecule is N#Cc1ccc(S(=O)(=O)N2CSC[C@H]2C(=O)O)c(Cl)c1. The normalized spacial score (nSPS) is 19.7. The summed E-state index contributed by atoms with van der Waals surface area (Å²) in [5.41, 5.74) is 0.236. The molecule has 0 amide bonds. The molecule has 0 bridgehead atoms. The highest BCUT2D eigenvalue weighted by molar-refractivity contribution is 8.00. The van der Waals surface area contributed by atoms with Crippen molar-refractivity contribution in [2.24, 2.45) is 0 Å². The maximum Gasteiger partial charge on any atom is 0.322 e. The third-order valence-electron chi connectivity index (χ3n) is 2.77. The van der Waals surface area contributed by atoms with E-state index in [9.17, 15) is 13.2 Å². The van der Waals surface area contributed by atoms with Gasteiger partial charge in [0.1, 0.15) is 10.9 Å². The van der Waals surface area contributed by atoms with E-state index in [-0.39, 0.29) is 27.1 Å². The van der Waals surface area contributed by atoms with Gasteiger partial charge in [-0.15, -0.1) is 11.8 Å². The first-order valence-corrected chi connectivity index (χ1v) is 8.37. The second-order valence-electron chi connectivity index (χ2n) is 4.00. The lowest BCUT2D eigenvalue weighted by molar-refractivity contribution is -0.140. The molecule has 1 aliphatic heterocycles. The van der Waals surface area contributed by atoms with E-state index in [0.29, 0.717) is 0 Å². The molecule has 1 aromatic rings. The first kappa shape index (κ1) is 15.1. The van der Waals surface area contributed by atoms with E-state index in [2.05, 4.69) is 0 Å². The number of carboxylic acid groups (broad SMARTS) is 1. The van der Waals surface area contributed by atoms with Gasteiger partial charge in [-0.05, 0) is 18.2 Å². The predicted molar refractivity (Wildman–Crippen MR) is 73.9 cm³/mol. The molecule has 1 heterocycles. The van der Waals surface area contributed by atoms with Crippen LogP contribution in [-0.2, 0) is 14.8 Å². The van der Waals surface area contributed by atoms with Crippen LogP contribution in [0.25, 0.3) is 0 Å². The minimum Gasteiger partial charge on any atom is -0.480 e. The second-order valence-corrected chi connectivity index (χ2v) is 7.27. The van der Waals surface area contributed by atoms with Crippen molar-refractivity contribution in [3.8, 4) is 6.07 Å². The molecule has 0 saturated carbocycles. The summed E-state index contributed by atoms with van der Waals surface area (Å²) >= 11 is 7.11. The number of hydrogen-bond donors (Lipinski definition) is 1. The van der Waals surface area contributed by atoms with E-state index in [0.717, 1.165) is 4.31 Å². The molecule has 20 heavy (non-hydrogen) atoms. The summed E-state index contributed by atoms with van der Waals surface area (Å²) in [5, 5.41) is 17.7. The summed E-state index contributed by atoms with van der Waals surface area (Å²) < 4.78 is 25.8. The highest BCUT2D eigenvalue weighted by Gasteiger charge is 2.40. The highest BCUT2D eigenvalue weighted by atomic mass is 35.5. The number of halogens is 1. The number of nitriles is 1. The van der Waals surface area contributed by atoms with Crippen molar-refractivity contribution in [2.45, 2.75) is 10.9 Å². The number of sulfonamides is 1. The van der Waals surface area contributed by atoms with Crippen molar-refractivity contribution in [1.29, 1.82) is 5.26 Å². The topological polar surface area (TPSA) is 98.5 Å². The number of carbonyl (C=O) groups is 1. The van der Waals surface area contributed by atoms with Gasteiger partial charge in [0.05, 0.1) is 22.5 Å². The molecule has 0 radical (unpaired) electrons. The molecule has 1 fully saturated rings. The number of aliphatic carboxylic acids is 1. The Kier molecular flexibility index (Phi) is 4.25. The number of carboxylic acids is 1. The Morgan fingerprint density at radius 2 is 2.25 bits per heavy atom. The Labute approximate surface area is 125 Å². The molecule has 0 aromatic heterocycles. The van der Waals surface area contributed by atoms with E-state index in [1.54, 1.807) is 0 Å². The summed E-state index contributed by atoms with van der Waals surface area (Å²) in [5.74, 6) is -0.929. The van der Waals surface area contributed by atoms with Gasteiger partial charge in [0.2, 0.25) is 10.0 Å². The van der Waals surface area contributed by atoms with Gasteiger partial charge in [0, 0.05) is 5.75 Å². The standard InChI is InChI=1S/C11H9ClN2O4S2/c12-8-3-7(4-13)1-2-10(8)20(17,18)14-6-19-5-9(14)11(15)16/h1-3,9H,5-6H2,(H,15,16)/t9-/m0/s1. The largest absolute Gasteiger partial charge is 0.480 e. The Hall–Kier alpha value is -1.27. The summed E-state index contributed by atoms with van der Waals surface area (Å²) in [6, 6.07) is 4.55. The van der Waals surface area contributed by atoms with Crippen LogP contribution in [0.1, 0.15) is 5.56 Å². The zero-order valence-corrected chi connectivity index (χ0v) is 12.4. The summed E-state index contributed by atoms with van der Waals surface area (Å²) in [4.78, 5) is 10.9. The third kappa shape index (κ3) is 2.62. The highest BCUT2D eigenvalue weighted by Crippen LogP contribution is 2.32. The Morgan fingerprint density at radius 3 is 2.80 bits per heavy atom. The van der Waals surface area contributed by atoms with Crippen molar-refractivity contribution in [2.75, 3.05) is 11.6 Å². The van der Waals surface area contributed by atoms with Gasteiger partial charge in [0.25, 0.3) is 0 Å². The van der Waals surface area contributed by atoms with Gasteiger partial charge in [-0.25, -0.2) is 8.42 Å². The molecule has 1 aliphatic rings. The molecule has 9 heteroatoms. The average molecular weight is 333 g/mol. The molecule has 0 aliphatic carbocycles. The van der Waals surface area contributed by atoms with E-state index < -0.39 is 22.0 Å². The number of benzene rings is 1. The predicted octanol–water partition coefficient (Wildman–Crippen LogP) is 1.36. The second kappa shape index (κ2) is 5.61. The summed E-state index contributed by atoms with van der Waals surface area (Å²) in [7, 11) is -4.00.